The molecule has 3 rings (SSSR count). The maximum absolute atomic E-state index is 6.10. The highest BCUT2D eigenvalue weighted by Crippen LogP contribution is 2.22. The summed E-state index contributed by atoms with van der Waals surface area (Å²) in [6.07, 6.45) is 9.43. The molecule has 3 nitrogen and oxygen atoms in total. The molecule has 1 saturated heterocycles. The van der Waals surface area contributed by atoms with Gasteiger partial charge in [0.15, 0.2) is 0 Å². The number of rotatable bonds is 8. The Labute approximate surface area is 141 Å². The molecule has 1 aromatic carbocycles. The molecule has 128 valence electrons. The van der Waals surface area contributed by atoms with Crippen molar-refractivity contribution in [3.8, 4) is 0 Å². The largest absolute Gasteiger partial charge is 0.378 e. The van der Waals surface area contributed by atoms with Gasteiger partial charge in [-0.2, -0.15) is 0 Å². The molecule has 1 saturated carbocycles. The Balaban J connectivity index is 1.23. The molecule has 1 aromatic rings. The lowest BCUT2D eigenvalue weighted by molar-refractivity contribution is 0.0185. The van der Waals surface area contributed by atoms with E-state index in [9.17, 15) is 0 Å². The molecular weight excluding hydrogens is 284 g/mol. The van der Waals surface area contributed by atoms with Gasteiger partial charge in [-0.05, 0) is 63.6 Å². The summed E-state index contributed by atoms with van der Waals surface area (Å²) in [4.78, 5) is 2.58. The molecule has 23 heavy (non-hydrogen) atoms. The average molecular weight is 316 g/mol. The maximum Gasteiger partial charge on any atom is 0.0576 e. The van der Waals surface area contributed by atoms with Gasteiger partial charge in [0.2, 0.25) is 0 Å². The highest BCUT2D eigenvalue weighted by molar-refractivity contribution is 5.14. The van der Waals surface area contributed by atoms with Crippen LogP contribution < -0.4 is 5.32 Å². The molecule has 0 bridgehead atoms. The lowest BCUT2D eigenvalue weighted by atomic mass is 9.93. The molecule has 1 N–H and O–H groups in total. The van der Waals surface area contributed by atoms with Crippen molar-refractivity contribution in [2.75, 3.05) is 26.2 Å². The van der Waals surface area contributed by atoms with Crippen LogP contribution in [0.15, 0.2) is 30.3 Å². The van der Waals surface area contributed by atoms with E-state index in [1.165, 1.54) is 70.1 Å². The monoisotopic (exact) mass is 316 g/mol. The summed E-state index contributed by atoms with van der Waals surface area (Å²) in [6, 6.07) is 11.4. The molecule has 0 aromatic heterocycles. The first kappa shape index (κ1) is 16.9. The van der Waals surface area contributed by atoms with E-state index in [0.717, 1.165) is 13.2 Å². The molecule has 0 atom stereocenters. The Kier molecular flexibility index (Phi) is 6.93. The van der Waals surface area contributed by atoms with E-state index in [2.05, 4.69) is 40.5 Å². The predicted molar refractivity (Wildman–Crippen MR) is 95.6 cm³/mol. The third kappa shape index (κ3) is 5.91. The standard InChI is InChI=1S/C20H32N2O/c1-2-7-18(8-3-1)17-21-19-9-11-20(12-10-19)23-16-6-15-22-13-4-5-14-22/h1-3,7-8,19-21H,4-6,9-17H2/t19-,20-. The molecule has 0 amide bonds. The van der Waals surface area contributed by atoms with E-state index in [1.807, 2.05) is 0 Å². The Morgan fingerprint density at radius 3 is 2.48 bits per heavy atom. The predicted octanol–water partition coefficient (Wildman–Crippen LogP) is 3.59. The van der Waals surface area contributed by atoms with Gasteiger partial charge in [-0.3, -0.25) is 0 Å². The molecule has 0 radical (unpaired) electrons. The molecule has 2 aliphatic rings. The summed E-state index contributed by atoms with van der Waals surface area (Å²) >= 11 is 0. The minimum Gasteiger partial charge on any atom is -0.378 e. The molecule has 1 aliphatic heterocycles. The average Bonchev–Trinajstić information content (AvgIpc) is 3.12. The first-order valence-electron chi connectivity index (χ1n) is 9.51. The van der Waals surface area contributed by atoms with Gasteiger partial charge in [0, 0.05) is 25.7 Å². The number of nitrogens with one attached hydrogen (secondary N) is 1. The highest BCUT2D eigenvalue weighted by atomic mass is 16.5. The van der Waals surface area contributed by atoms with Gasteiger partial charge < -0.3 is 15.0 Å². The van der Waals surface area contributed by atoms with Gasteiger partial charge in [0.1, 0.15) is 0 Å². The van der Waals surface area contributed by atoms with Crippen LogP contribution >= 0.6 is 0 Å². The normalized spacial score (nSPS) is 25.7. The molecular formula is C20H32N2O. The van der Waals surface area contributed by atoms with Gasteiger partial charge in [0.05, 0.1) is 6.10 Å². The van der Waals surface area contributed by atoms with Crippen molar-refractivity contribution in [3.63, 3.8) is 0 Å². The van der Waals surface area contributed by atoms with Crippen LogP contribution in [0, 0.1) is 0 Å². The van der Waals surface area contributed by atoms with Crippen molar-refractivity contribution >= 4 is 0 Å². The van der Waals surface area contributed by atoms with Crippen molar-refractivity contribution in [1.29, 1.82) is 0 Å². The summed E-state index contributed by atoms with van der Waals surface area (Å²) in [5.74, 6) is 0. The third-order valence-electron chi connectivity index (χ3n) is 5.28. The Bertz CT molecular complexity index is 423. The zero-order chi connectivity index (χ0) is 15.7. The van der Waals surface area contributed by atoms with Crippen molar-refractivity contribution in [1.82, 2.24) is 10.2 Å². The smallest absolute Gasteiger partial charge is 0.0576 e. The molecule has 3 heteroatoms. The van der Waals surface area contributed by atoms with Crippen molar-refractivity contribution in [2.45, 2.75) is 63.6 Å². The second kappa shape index (κ2) is 9.41. The number of ether oxygens (including phenoxy) is 1. The van der Waals surface area contributed by atoms with Crippen molar-refractivity contribution in [2.24, 2.45) is 0 Å². The second-order valence-corrected chi connectivity index (χ2v) is 7.11. The molecule has 0 spiro atoms. The minimum absolute atomic E-state index is 0.503. The van der Waals surface area contributed by atoms with Crippen LogP contribution in [0.1, 0.15) is 50.5 Å². The molecule has 1 heterocycles. The molecule has 2 fully saturated rings. The van der Waals surface area contributed by atoms with E-state index in [1.54, 1.807) is 0 Å². The van der Waals surface area contributed by atoms with Crippen LogP contribution in [0.4, 0.5) is 0 Å². The maximum atomic E-state index is 6.10. The lowest BCUT2D eigenvalue weighted by Gasteiger charge is -2.29. The Hall–Kier alpha value is -0.900. The summed E-state index contributed by atoms with van der Waals surface area (Å²) < 4.78 is 6.10. The van der Waals surface area contributed by atoms with Crippen molar-refractivity contribution < 1.29 is 4.74 Å². The van der Waals surface area contributed by atoms with Crippen LogP contribution in [0.2, 0.25) is 0 Å². The second-order valence-electron chi connectivity index (χ2n) is 7.11. The summed E-state index contributed by atoms with van der Waals surface area (Å²) in [6.45, 7) is 5.78. The van der Waals surface area contributed by atoms with Gasteiger partial charge in [0.25, 0.3) is 0 Å². The number of hydrogen-bond acceptors (Lipinski definition) is 3. The third-order valence-corrected chi connectivity index (χ3v) is 5.28. The quantitative estimate of drug-likeness (QED) is 0.742. The van der Waals surface area contributed by atoms with E-state index in [-0.39, 0.29) is 0 Å². The summed E-state index contributed by atoms with van der Waals surface area (Å²) in [7, 11) is 0. The number of hydrogen-bond donors (Lipinski definition) is 1. The van der Waals surface area contributed by atoms with Gasteiger partial charge in [-0.25, -0.2) is 0 Å². The fourth-order valence-electron chi connectivity index (χ4n) is 3.84. The van der Waals surface area contributed by atoms with Crippen LogP contribution in [0.5, 0.6) is 0 Å². The first-order valence-corrected chi connectivity index (χ1v) is 9.51. The molecule has 1 aliphatic carbocycles. The van der Waals surface area contributed by atoms with Crippen LogP contribution in [0.25, 0.3) is 0 Å². The summed E-state index contributed by atoms with van der Waals surface area (Å²) in [5, 5.41) is 3.70. The van der Waals surface area contributed by atoms with Crippen LogP contribution in [-0.4, -0.2) is 43.3 Å². The number of likely N-dealkylation sites (tertiary alicyclic amines) is 1. The van der Waals surface area contributed by atoms with Gasteiger partial charge in [-0.1, -0.05) is 30.3 Å². The van der Waals surface area contributed by atoms with E-state index >= 15 is 0 Å². The lowest BCUT2D eigenvalue weighted by Crippen LogP contribution is -2.35. The zero-order valence-electron chi connectivity index (χ0n) is 14.4. The Morgan fingerprint density at radius 1 is 1.00 bits per heavy atom. The minimum atomic E-state index is 0.503. The fraction of sp³-hybridized carbons (Fsp3) is 0.700. The zero-order valence-corrected chi connectivity index (χ0v) is 14.4. The molecule has 0 unspecified atom stereocenters. The van der Waals surface area contributed by atoms with Crippen LogP contribution in [-0.2, 0) is 11.3 Å². The van der Waals surface area contributed by atoms with E-state index in [4.69, 9.17) is 4.74 Å². The van der Waals surface area contributed by atoms with Gasteiger partial charge >= 0.3 is 0 Å². The highest BCUT2D eigenvalue weighted by Gasteiger charge is 2.21. The van der Waals surface area contributed by atoms with E-state index in [0.29, 0.717) is 12.1 Å². The fourth-order valence-corrected chi connectivity index (χ4v) is 3.84. The van der Waals surface area contributed by atoms with Crippen LogP contribution in [0.3, 0.4) is 0 Å². The Morgan fingerprint density at radius 2 is 1.74 bits per heavy atom. The number of benzene rings is 1. The first-order chi connectivity index (χ1) is 11.4. The SMILES string of the molecule is c1ccc(CN[C@H]2CC[C@H](OCCCN3CCCC3)CC2)cc1. The van der Waals surface area contributed by atoms with Gasteiger partial charge in [-0.15, -0.1) is 0 Å². The number of nitrogens with zero attached hydrogens (tertiary/aromatic N) is 1. The van der Waals surface area contributed by atoms with E-state index < -0.39 is 0 Å². The topological polar surface area (TPSA) is 24.5 Å². The van der Waals surface area contributed by atoms with Crippen molar-refractivity contribution in [3.05, 3.63) is 35.9 Å². The summed E-state index contributed by atoms with van der Waals surface area (Å²) in [5.41, 5.74) is 1.38.